The number of anilines is 2. The minimum absolute atomic E-state index is 0.0274. The lowest BCUT2D eigenvalue weighted by atomic mass is 10.2. The summed E-state index contributed by atoms with van der Waals surface area (Å²) < 4.78 is 49.8. The number of benzene rings is 3. The average Bonchev–Trinajstić information content (AvgIpc) is 2.88. The monoisotopic (exact) mass is 582 g/mol. The molecule has 0 spiro atoms. The second-order valence-corrected chi connectivity index (χ2v) is 10.2. The topological polar surface area (TPSA) is 129 Å². The van der Waals surface area contributed by atoms with Gasteiger partial charge in [0.25, 0.3) is 15.9 Å². The fourth-order valence-electron chi connectivity index (χ4n) is 3.25. The van der Waals surface area contributed by atoms with Gasteiger partial charge in [-0.15, -0.1) is 0 Å². The smallest absolute Gasteiger partial charge is 0.338 e. The maximum absolute atomic E-state index is 13.3. The van der Waals surface area contributed by atoms with E-state index in [1.165, 1.54) is 58.6 Å². The van der Waals surface area contributed by atoms with E-state index in [1.807, 2.05) is 0 Å². The lowest BCUT2D eigenvalue weighted by Gasteiger charge is -2.17. The molecule has 0 aliphatic rings. The third-order valence-corrected chi connectivity index (χ3v) is 7.07. The summed E-state index contributed by atoms with van der Waals surface area (Å²) in [6, 6.07) is 12.9. The number of hydrogen-bond donors (Lipinski definition) is 2. The van der Waals surface area contributed by atoms with Gasteiger partial charge in [0.15, 0.2) is 6.10 Å². The number of carbonyl (C=O) groups excluding carboxylic acids is 2. The van der Waals surface area contributed by atoms with Crippen molar-refractivity contribution in [2.75, 3.05) is 31.4 Å². The summed E-state index contributed by atoms with van der Waals surface area (Å²) in [5, 5.41) is 3.14. The molecule has 0 saturated carbocycles. The maximum Gasteiger partial charge on any atom is 0.338 e. The fourth-order valence-corrected chi connectivity index (χ4v) is 4.93. The van der Waals surface area contributed by atoms with E-state index in [1.54, 1.807) is 18.2 Å². The summed E-state index contributed by atoms with van der Waals surface area (Å²) in [5.74, 6) is -1.15. The molecule has 1 amide bonds. The predicted octanol–water partition coefficient (Wildman–Crippen LogP) is 5.00. The van der Waals surface area contributed by atoms with Crippen LogP contribution in [0, 0.1) is 0 Å². The summed E-state index contributed by atoms with van der Waals surface area (Å²) >= 11 is 12.1. The Kier molecular flexibility index (Phi) is 9.31. The molecule has 38 heavy (non-hydrogen) atoms. The first-order valence-electron chi connectivity index (χ1n) is 10.9. The standard InChI is InChI=1S/C25H24Cl2N2O8S/c1-14(24(30)28-17-7-5-6-16(26)11-17)37-25(31)15-8-9-20(34-2)23(10-15)38(32,33)29-19-12-18(27)21(35-3)13-22(19)36-4/h5-14,29H,1-4H3,(H,28,30)/t14-/m1/s1. The van der Waals surface area contributed by atoms with Gasteiger partial charge in [-0.3, -0.25) is 9.52 Å². The average molecular weight is 583 g/mol. The largest absolute Gasteiger partial charge is 0.495 e. The summed E-state index contributed by atoms with van der Waals surface area (Å²) in [7, 11) is -0.294. The lowest BCUT2D eigenvalue weighted by molar-refractivity contribution is -0.123. The van der Waals surface area contributed by atoms with Crippen molar-refractivity contribution in [3.05, 3.63) is 70.2 Å². The number of hydrogen-bond acceptors (Lipinski definition) is 8. The highest BCUT2D eigenvalue weighted by Gasteiger charge is 2.26. The summed E-state index contributed by atoms with van der Waals surface area (Å²) in [4.78, 5) is 24.9. The molecule has 0 unspecified atom stereocenters. The zero-order valence-electron chi connectivity index (χ0n) is 20.7. The zero-order valence-corrected chi connectivity index (χ0v) is 23.0. The number of amides is 1. The minimum atomic E-state index is -4.32. The normalized spacial score (nSPS) is 11.7. The van der Waals surface area contributed by atoms with Gasteiger partial charge in [0.1, 0.15) is 22.1 Å². The van der Waals surface area contributed by atoms with Crippen molar-refractivity contribution in [1.82, 2.24) is 0 Å². The second-order valence-electron chi connectivity index (χ2n) is 7.71. The Labute approximate surface area is 229 Å². The SMILES string of the molecule is COc1cc(OC)c(NS(=O)(=O)c2cc(C(=O)O[C@H](C)C(=O)Nc3cccc(Cl)c3)ccc2OC)cc1Cl. The fraction of sp³-hybridized carbons (Fsp3) is 0.200. The molecule has 0 aliphatic carbocycles. The van der Waals surface area contributed by atoms with Crippen molar-refractivity contribution < 1.29 is 37.0 Å². The van der Waals surface area contributed by atoms with Crippen molar-refractivity contribution >= 4 is 56.5 Å². The van der Waals surface area contributed by atoms with Crippen LogP contribution < -0.4 is 24.2 Å². The van der Waals surface area contributed by atoms with Crippen LogP contribution in [-0.4, -0.2) is 47.7 Å². The van der Waals surface area contributed by atoms with Crippen LogP contribution in [0.5, 0.6) is 17.2 Å². The van der Waals surface area contributed by atoms with Gasteiger partial charge in [-0.05, 0) is 49.4 Å². The maximum atomic E-state index is 13.3. The Morgan fingerprint density at radius 1 is 0.868 bits per heavy atom. The van der Waals surface area contributed by atoms with E-state index >= 15 is 0 Å². The first-order valence-corrected chi connectivity index (χ1v) is 13.1. The van der Waals surface area contributed by atoms with Crippen LogP contribution in [-0.2, 0) is 19.6 Å². The molecular formula is C25H24Cl2N2O8S. The molecule has 3 aromatic rings. The molecule has 202 valence electrons. The van der Waals surface area contributed by atoms with Crippen molar-refractivity contribution in [3.8, 4) is 17.2 Å². The van der Waals surface area contributed by atoms with Crippen molar-refractivity contribution in [2.45, 2.75) is 17.9 Å². The zero-order chi connectivity index (χ0) is 28.0. The van der Waals surface area contributed by atoms with Gasteiger partial charge < -0.3 is 24.3 Å². The highest BCUT2D eigenvalue weighted by molar-refractivity contribution is 7.92. The molecule has 0 bridgehead atoms. The molecule has 3 aromatic carbocycles. The van der Waals surface area contributed by atoms with E-state index in [2.05, 4.69) is 10.0 Å². The van der Waals surface area contributed by atoms with E-state index in [0.29, 0.717) is 10.7 Å². The number of esters is 1. The van der Waals surface area contributed by atoms with Crippen molar-refractivity contribution in [3.63, 3.8) is 0 Å². The van der Waals surface area contributed by atoms with E-state index in [0.717, 1.165) is 6.07 Å². The second kappa shape index (κ2) is 12.2. The Bertz CT molecular complexity index is 1460. The number of carbonyl (C=O) groups is 2. The summed E-state index contributed by atoms with van der Waals surface area (Å²) in [6.07, 6.45) is -1.20. The number of nitrogens with one attached hydrogen (secondary N) is 2. The summed E-state index contributed by atoms with van der Waals surface area (Å²) in [5.41, 5.74) is 0.316. The van der Waals surface area contributed by atoms with Gasteiger partial charge in [0.2, 0.25) is 0 Å². The molecule has 0 aromatic heterocycles. The van der Waals surface area contributed by atoms with Crippen molar-refractivity contribution in [2.24, 2.45) is 0 Å². The Morgan fingerprint density at radius 3 is 2.18 bits per heavy atom. The molecule has 0 saturated heterocycles. The molecule has 3 rings (SSSR count). The summed E-state index contributed by atoms with van der Waals surface area (Å²) in [6.45, 7) is 1.38. The number of ether oxygens (including phenoxy) is 4. The highest BCUT2D eigenvalue weighted by atomic mass is 35.5. The van der Waals surface area contributed by atoms with Gasteiger partial charge >= 0.3 is 5.97 Å². The van der Waals surface area contributed by atoms with Crippen LogP contribution in [0.4, 0.5) is 11.4 Å². The van der Waals surface area contributed by atoms with Crippen LogP contribution >= 0.6 is 23.2 Å². The van der Waals surface area contributed by atoms with Crippen LogP contribution in [0.2, 0.25) is 10.0 Å². The van der Waals surface area contributed by atoms with Crippen LogP contribution in [0.25, 0.3) is 0 Å². The third-order valence-electron chi connectivity index (χ3n) is 5.15. The van der Waals surface area contributed by atoms with E-state index < -0.39 is 28.0 Å². The molecule has 10 nitrogen and oxygen atoms in total. The van der Waals surface area contributed by atoms with Crippen molar-refractivity contribution in [1.29, 1.82) is 0 Å². The van der Waals surface area contributed by atoms with Crippen LogP contribution in [0.3, 0.4) is 0 Å². The molecule has 2 N–H and O–H groups in total. The van der Waals surface area contributed by atoms with Gasteiger partial charge in [0, 0.05) is 16.8 Å². The van der Waals surface area contributed by atoms with Crippen LogP contribution in [0.15, 0.2) is 59.5 Å². The Hall–Kier alpha value is -3.67. The van der Waals surface area contributed by atoms with Crippen LogP contribution in [0.1, 0.15) is 17.3 Å². The third kappa shape index (κ3) is 6.80. The molecule has 0 heterocycles. The number of sulfonamides is 1. The Balaban J connectivity index is 1.84. The quantitative estimate of drug-likeness (QED) is 0.319. The molecule has 13 heteroatoms. The number of methoxy groups -OCH3 is 3. The predicted molar refractivity (Wildman–Crippen MR) is 143 cm³/mol. The van der Waals surface area contributed by atoms with Gasteiger partial charge in [0.05, 0.1) is 37.6 Å². The molecule has 0 aliphatic heterocycles. The van der Waals surface area contributed by atoms with E-state index in [9.17, 15) is 18.0 Å². The first kappa shape index (κ1) is 28.9. The number of rotatable bonds is 10. The molecule has 0 radical (unpaired) electrons. The lowest BCUT2D eigenvalue weighted by Crippen LogP contribution is -2.30. The highest BCUT2D eigenvalue weighted by Crippen LogP contribution is 2.38. The van der Waals surface area contributed by atoms with Gasteiger partial charge in [-0.2, -0.15) is 0 Å². The van der Waals surface area contributed by atoms with Gasteiger partial charge in [-0.25, -0.2) is 13.2 Å². The molecule has 0 fully saturated rings. The molecular weight excluding hydrogens is 559 g/mol. The number of halogens is 2. The van der Waals surface area contributed by atoms with E-state index in [-0.39, 0.29) is 38.4 Å². The van der Waals surface area contributed by atoms with Gasteiger partial charge in [-0.1, -0.05) is 29.3 Å². The first-order chi connectivity index (χ1) is 18.0. The molecule has 1 atom stereocenters. The Morgan fingerprint density at radius 2 is 1.55 bits per heavy atom. The van der Waals surface area contributed by atoms with E-state index in [4.69, 9.17) is 42.1 Å². The minimum Gasteiger partial charge on any atom is -0.495 e.